The van der Waals surface area contributed by atoms with E-state index in [1.54, 1.807) is 54.6 Å². The van der Waals surface area contributed by atoms with Crippen LogP contribution in [0.25, 0.3) is 11.3 Å². The maximum atomic E-state index is 11.7. The minimum atomic E-state index is -0.883. The average Bonchev–Trinajstić information content (AvgIpc) is 3.11. The number of carbonyl (C=O) groups is 2. The predicted octanol–water partition coefficient (Wildman–Crippen LogP) is 3.69. The standard InChI is InChI=1S/C19H14ClN3O3/c20-14-6-4-5-13(11-14)17-10-9-16(26-17)12-21-23-19(25)18(24)22-15-7-2-1-3-8-15/h1-12H,(H,22,24)(H,23,25). The molecule has 3 aromatic rings. The van der Waals surface area contributed by atoms with Gasteiger partial charge >= 0.3 is 11.8 Å². The van der Waals surface area contributed by atoms with Crippen LogP contribution in [-0.4, -0.2) is 18.0 Å². The van der Waals surface area contributed by atoms with Crippen molar-refractivity contribution in [3.63, 3.8) is 0 Å². The Kier molecular flexibility index (Phi) is 5.46. The molecular formula is C19H14ClN3O3. The molecule has 0 spiro atoms. The topological polar surface area (TPSA) is 83.7 Å². The lowest BCUT2D eigenvalue weighted by molar-refractivity contribution is -0.136. The molecule has 0 bridgehead atoms. The van der Waals surface area contributed by atoms with Crippen molar-refractivity contribution in [1.82, 2.24) is 5.43 Å². The number of amides is 2. The van der Waals surface area contributed by atoms with Crippen molar-refractivity contribution in [3.8, 4) is 11.3 Å². The van der Waals surface area contributed by atoms with Crippen LogP contribution in [0.5, 0.6) is 0 Å². The second-order valence-electron chi connectivity index (χ2n) is 5.23. The molecule has 0 radical (unpaired) electrons. The first-order chi connectivity index (χ1) is 12.6. The number of hydrogen-bond acceptors (Lipinski definition) is 4. The van der Waals surface area contributed by atoms with Crippen LogP contribution < -0.4 is 10.7 Å². The molecule has 6 nitrogen and oxygen atoms in total. The van der Waals surface area contributed by atoms with Gasteiger partial charge in [0, 0.05) is 16.3 Å². The van der Waals surface area contributed by atoms with Crippen LogP contribution >= 0.6 is 11.6 Å². The van der Waals surface area contributed by atoms with E-state index in [0.717, 1.165) is 5.56 Å². The molecule has 26 heavy (non-hydrogen) atoms. The Morgan fingerprint density at radius 1 is 0.962 bits per heavy atom. The lowest BCUT2D eigenvalue weighted by Gasteiger charge is -2.02. The van der Waals surface area contributed by atoms with Gasteiger partial charge < -0.3 is 9.73 Å². The van der Waals surface area contributed by atoms with Crippen LogP contribution in [0.15, 0.2) is 76.2 Å². The monoisotopic (exact) mass is 367 g/mol. The molecule has 3 rings (SSSR count). The molecule has 130 valence electrons. The van der Waals surface area contributed by atoms with Gasteiger partial charge in [0.05, 0.1) is 6.21 Å². The van der Waals surface area contributed by atoms with E-state index in [1.807, 2.05) is 12.1 Å². The van der Waals surface area contributed by atoms with Crippen molar-refractivity contribution in [2.24, 2.45) is 5.10 Å². The SMILES string of the molecule is O=C(NN=Cc1ccc(-c2cccc(Cl)c2)o1)C(=O)Nc1ccccc1. The van der Waals surface area contributed by atoms with Gasteiger partial charge in [0.15, 0.2) is 0 Å². The van der Waals surface area contributed by atoms with E-state index in [0.29, 0.717) is 22.2 Å². The van der Waals surface area contributed by atoms with Crippen LogP contribution in [0, 0.1) is 0 Å². The van der Waals surface area contributed by atoms with Crippen LogP contribution in [0.1, 0.15) is 5.76 Å². The van der Waals surface area contributed by atoms with Gasteiger partial charge in [0.25, 0.3) is 0 Å². The second-order valence-corrected chi connectivity index (χ2v) is 5.67. The molecule has 1 aromatic heterocycles. The van der Waals surface area contributed by atoms with Gasteiger partial charge in [-0.25, -0.2) is 5.43 Å². The fourth-order valence-corrected chi connectivity index (χ4v) is 2.32. The number of hydrazone groups is 1. The summed E-state index contributed by atoms with van der Waals surface area (Å²) in [7, 11) is 0. The maximum absolute atomic E-state index is 11.7. The summed E-state index contributed by atoms with van der Waals surface area (Å²) in [5.41, 5.74) is 3.49. The molecule has 0 saturated carbocycles. The highest BCUT2D eigenvalue weighted by atomic mass is 35.5. The molecule has 7 heteroatoms. The van der Waals surface area contributed by atoms with Gasteiger partial charge in [0.1, 0.15) is 11.5 Å². The average molecular weight is 368 g/mol. The zero-order valence-corrected chi connectivity index (χ0v) is 14.2. The lowest BCUT2D eigenvalue weighted by Crippen LogP contribution is -2.32. The number of benzene rings is 2. The zero-order chi connectivity index (χ0) is 18.4. The first-order valence-electron chi connectivity index (χ1n) is 7.67. The largest absolute Gasteiger partial charge is 0.455 e. The number of rotatable bonds is 4. The van der Waals surface area contributed by atoms with Crippen molar-refractivity contribution in [1.29, 1.82) is 0 Å². The Balaban J connectivity index is 1.57. The van der Waals surface area contributed by atoms with E-state index in [1.165, 1.54) is 6.21 Å². The van der Waals surface area contributed by atoms with E-state index in [-0.39, 0.29) is 0 Å². The molecule has 0 unspecified atom stereocenters. The van der Waals surface area contributed by atoms with Gasteiger partial charge in [-0.05, 0) is 36.4 Å². The summed E-state index contributed by atoms with van der Waals surface area (Å²) in [4.78, 5) is 23.5. The normalized spacial score (nSPS) is 10.7. The highest BCUT2D eigenvalue weighted by molar-refractivity contribution is 6.39. The smallest absolute Gasteiger partial charge is 0.329 e. The Labute approximate surface area is 154 Å². The third-order valence-electron chi connectivity index (χ3n) is 3.33. The highest BCUT2D eigenvalue weighted by Gasteiger charge is 2.12. The number of para-hydroxylation sites is 1. The summed E-state index contributed by atoms with van der Waals surface area (Å²) in [5.74, 6) is -0.662. The number of hydrogen-bond donors (Lipinski definition) is 2. The molecule has 2 N–H and O–H groups in total. The van der Waals surface area contributed by atoms with Crippen LogP contribution in [-0.2, 0) is 9.59 Å². The van der Waals surface area contributed by atoms with Crippen molar-refractivity contribution >= 4 is 35.3 Å². The summed E-state index contributed by atoms with van der Waals surface area (Å²) >= 11 is 5.95. The number of furan rings is 1. The van der Waals surface area contributed by atoms with Gasteiger partial charge in [-0.3, -0.25) is 9.59 Å². The van der Waals surface area contributed by atoms with E-state index < -0.39 is 11.8 Å². The number of nitrogens with one attached hydrogen (secondary N) is 2. The van der Waals surface area contributed by atoms with Crippen LogP contribution in [0.2, 0.25) is 5.02 Å². The molecule has 0 fully saturated rings. The highest BCUT2D eigenvalue weighted by Crippen LogP contribution is 2.24. The van der Waals surface area contributed by atoms with Crippen molar-refractivity contribution < 1.29 is 14.0 Å². The quantitative estimate of drug-likeness (QED) is 0.419. The molecule has 1 heterocycles. The Hall–Kier alpha value is -3.38. The minimum absolute atomic E-state index is 0.420. The molecule has 0 aliphatic heterocycles. The van der Waals surface area contributed by atoms with Crippen LogP contribution in [0.3, 0.4) is 0 Å². The second kappa shape index (κ2) is 8.13. The summed E-state index contributed by atoms with van der Waals surface area (Å²) < 4.78 is 5.60. The van der Waals surface area contributed by atoms with Crippen molar-refractivity contribution in [2.45, 2.75) is 0 Å². The Morgan fingerprint density at radius 3 is 2.54 bits per heavy atom. The minimum Gasteiger partial charge on any atom is -0.455 e. The van der Waals surface area contributed by atoms with Crippen molar-refractivity contribution in [2.75, 3.05) is 5.32 Å². The fourth-order valence-electron chi connectivity index (χ4n) is 2.13. The lowest BCUT2D eigenvalue weighted by atomic mass is 10.2. The summed E-state index contributed by atoms with van der Waals surface area (Å²) in [6.45, 7) is 0. The third-order valence-corrected chi connectivity index (χ3v) is 3.57. The Bertz CT molecular complexity index is 951. The number of carbonyl (C=O) groups excluding carboxylic acids is 2. The molecular weight excluding hydrogens is 354 g/mol. The molecule has 0 atom stereocenters. The van der Waals surface area contributed by atoms with Gasteiger partial charge in [-0.15, -0.1) is 0 Å². The third kappa shape index (κ3) is 4.58. The summed E-state index contributed by atoms with van der Waals surface area (Å²) in [5, 5.41) is 6.79. The Morgan fingerprint density at radius 2 is 1.77 bits per heavy atom. The zero-order valence-electron chi connectivity index (χ0n) is 13.5. The van der Waals surface area contributed by atoms with E-state index in [2.05, 4.69) is 15.8 Å². The summed E-state index contributed by atoms with van der Waals surface area (Å²) in [6, 6.07) is 19.3. The van der Waals surface area contributed by atoms with E-state index >= 15 is 0 Å². The molecule has 0 aliphatic rings. The first-order valence-corrected chi connectivity index (χ1v) is 8.05. The van der Waals surface area contributed by atoms with E-state index in [4.69, 9.17) is 16.0 Å². The van der Waals surface area contributed by atoms with E-state index in [9.17, 15) is 9.59 Å². The molecule has 0 saturated heterocycles. The maximum Gasteiger partial charge on any atom is 0.329 e. The van der Waals surface area contributed by atoms with Gasteiger partial charge in [-0.1, -0.05) is 41.9 Å². The van der Waals surface area contributed by atoms with Gasteiger partial charge in [0.2, 0.25) is 0 Å². The summed E-state index contributed by atoms with van der Waals surface area (Å²) in [6.07, 6.45) is 1.31. The molecule has 2 aromatic carbocycles. The van der Waals surface area contributed by atoms with Crippen molar-refractivity contribution in [3.05, 3.63) is 77.5 Å². The number of anilines is 1. The predicted molar refractivity (Wildman–Crippen MR) is 100.0 cm³/mol. The number of nitrogens with zero attached hydrogens (tertiary/aromatic N) is 1. The number of halogens is 1. The molecule has 0 aliphatic carbocycles. The first kappa shape index (κ1) is 17.4. The molecule has 2 amide bonds. The fraction of sp³-hybridized carbons (Fsp3) is 0. The van der Waals surface area contributed by atoms with Crippen LogP contribution in [0.4, 0.5) is 5.69 Å². The van der Waals surface area contributed by atoms with Gasteiger partial charge in [-0.2, -0.15) is 5.10 Å².